The van der Waals surface area contributed by atoms with E-state index in [-0.39, 0.29) is 23.9 Å². The van der Waals surface area contributed by atoms with Crippen molar-refractivity contribution >= 4 is 23.3 Å². The number of Topliss-reactive ketones (excluding diaryl/α,β-unsaturated/α-hetero) is 1. The van der Waals surface area contributed by atoms with E-state index in [4.69, 9.17) is 9.47 Å². The lowest BCUT2D eigenvalue weighted by molar-refractivity contribution is -0.114. The van der Waals surface area contributed by atoms with E-state index in [9.17, 15) is 14.4 Å². The molecule has 1 amide bonds. The van der Waals surface area contributed by atoms with Crippen LogP contribution in [0, 0.1) is 0 Å². The van der Waals surface area contributed by atoms with Crippen LogP contribution in [0.3, 0.4) is 0 Å². The number of esters is 1. The van der Waals surface area contributed by atoms with Gasteiger partial charge in [-0.15, -0.1) is 0 Å². The number of anilines is 1. The van der Waals surface area contributed by atoms with Crippen molar-refractivity contribution in [3.8, 4) is 5.75 Å². The second kappa shape index (κ2) is 7.92. The second-order valence-electron chi connectivity index (χ2n) is 4.96. The van der Waals surface area contributed by atoms with Gasteiger partial charge in [0.15, 0.2) is 6.61 Å². The van der Waals surface area contributed by atoms with Gasteiger partial charge in [-0.05, 0) is 36.4 Å². The van der Waals surface area contributed by atoms with E-state index in [2.05, 4.69) is 5.32 Å². The molecule has 0 aliphatic rings. The third kappa shape index (κ3) is 4.42. The Hall–Kier alpha value is -3.15. The number of amides is 1. The summed E-state index contributed by atoms with van der Waals surface area (Å²) in [5.74, 6) is -0.741. The summed E-state index contributed by atoms with van der Waals surface area (Å²) >= 11 is 0. The summed E-state index contributed by atoms with van der Waals surface area (Å²) in [4.78, 5) is 35.1. The van der Waals surface area contributed by atoms with Crippen LogP contribution in [0.25, 0.3) is 0 Å². The number of rotatable bonds is 6. The molecule has 0 aliphatic heterocycles. The van der Waals surface area contributed by atoms with E-state index in [0.29, 0.717) is 17.0 Å². The number of ether oxygens (including phenoxy) is 2. The maximum atomic E-state index is 12.1. The van der Waals surface area contributed by atoms with Gasteiger partial charge in [-0.25, -0.2) is 4.79 Å². The Morgan fingerprint density at radius 3 is 2.29 bits per heavy atom. The fourth-order valence-corrected chi connectivity index (χ4v) is 2.06. The van der Waals surface area contributed by atoms with Crippen molar-refractivity contribution in [1.82, 2.24) is 0 Å². The van der Waals surface area contributed by atoms with Crippen molar-refractivity contribution < 1.29 is 23.9 Å². The Labute approximate surface area is 139 Å². The molecule has 0 spiro atoms. The lowest BCUT2D eigenvalue weighted by atomic mass is 10.1. The number of nitrogens with one attached hydrogen (secondary N) is 1. The molecule has 0 bridgehead atoms. The summed E-state index contributed by atoms with van der Waals surface area (Å²) in [5, 5.41) is 2.60. The number of carbonyl (C=O) groups excluding carboxylic acids is 3. The topological polar surface area (TPSA) is 81.7 Å². The van der Waals surface area contributed by atoms with Crippen molar-refractivity contribution in [1.29, 1.82) is 0 Å². The highest BCUT2D eigenvalue weighted by molar-refractivity contribution is 6.01. The Morgan fingerprint density at radius 1 is 1.00 bits per heavy atom. The van der Waals surface area contributed by atoms with E-state index >= 15 is 0 Å². The minimum Gasteiger partial charge on any atom is -0.496 e. The summed E-state index contributed by atoms with van der Waals surface area (Å²) in [6, 6.07) is 12.9. The first-order valence-corrected chi connectivity index (χ1v) is 7.22. The van der Waals surface area contributed by atoms with E-state index in [1.165, 1.54) is 26.2 Å². The Bertz CT molecular complexity index is 752. The number of methoxy groups -OCH3 is 1. The molecule has 124 valence electrons. The molecular formula is C18H17NO5. The molecule has 2 rings (SSSR count). The Balaban J connectivity index is 1.97. The smallest absolute Gasteiger partial charge is 0.338 e. The SMILES string of the molecule is COc1ccccc1C(=O)COC(=O)c1ccc(NC(C)=O)cc1. The average Bonchev–Trinajstić information content (AvgIpc) is 2.59. The number of benzene rings is 2. The van der Waals surface area contributed by atoms with Crippen molar-refractivity contribution in [3.05, 3.63) is 59.7 Å². The second-order valence-corrected chi connectivity index (χ2v) is 4.96. The van der Waals surface area contributed by atoms with Gasteiger partial charge in [-0.1, -0.05) is 12.1 Å². The summed E-state index contributed by atoms with van der Waals surface area (Å²) < 4.78 is 10.1. The average molecular weight is 327 g/mol. The molecule has 0 unspecified atom stereocenters. The summed E-state index contributed by atoms with van der Waals surface area (Å²) in [5.41, 5.74) is 1.22. The van der Waals surface area contributed by atoms with E-state index in [1.54, 1.807) is 36.4 Å². The molecule has 1 N–H and O–H groups in total. The molecule has 24 heavy (non-hydrogen) atoms. The van der Waals surface area contributed by atoms with E-state index in [0.717, 1.165) is 0 Å². The van der Waals surface area contributed by atoms with Crippen molar-refractivity contribution in [2.24, 2.45) is 0 Å². The predicted molar refractivity (Wildman–Crippen MR) is 88.4 cm³/mol. The van der Waals surface area contributed by atoms with Gasteiger partial charge in [-0.3, -0.25) is 9.59 Å². The van der Waals surface area contributed by atoms with Crippen molar-refractivity contribution in [2.75, 3.05) is 19.0 Å². The standard InChI is InChI=1S/C18H17NO5/c1-12(20)19-14-9-7-13(8-10-14)18(22)24-11-16(21)15-5-3-4-6-17(15)23-2/h3-10H,11H2,1-2H3,(H,19,20). The minimum absolute atomic E-state index is 0.201. The molecule has 6 nitrogen and oxygen atoms in total. The molecule has 6 heteroatoms. The third-order valence-corrected chi connectivity index (χ3v) is 3.18. The van der Waals surface area contributed by atoms with Crippen LogP contribution in [0.1, 0.15) is 27.6 Å². The largest absolute Gasteiger partial charge is 0.496 e. The van der Waals surface area contributed by atoms with Gasteiger partial charge >= 0.3 is 5.97 Å². The van der Waals surface area contributed by atoms with Gasteiger partial charge in [0.1, 0.15) is 5.75 Å². The Morgan fingerprint density at radius 2 is 1.67 bits per heavy atom. The molecule has 0 aliphatic carbocycles. The van der Waals surface area contributed by atoms with Gasteiger partial charge in [0.05, 0.1) is 18.2 Å². The number of para-hydroxylation sites is 1. The molecule has 0 atom stereocenters. The molecule has 2 aromatic rings. The first-order valence-electron chi connectivity index (χ1n) is 7.22. The first kappa shape index (κ1) is 17.2. The fourth-order valence-electron chi connectivity index (χ4n) is 2.06. The zero-order valence-corrected chi connectivity index (χ0v) is 13.4. The van der Waals surface area contributed by atoms with E-state index < -0.39 is 5.97 Å². The van der Waals surface area contributed by atoms with Crippen LogP contribution in [0.5, 0.6) is 5.75 Å². The van der Waals surface area contributed by atoms with E-state index in [1.807, 2.05) is 0 Å². The normalized spacial score (nSPS) is 9.92. The van der Waals surface area contributed by atoms with Crippen LogP contribution in [0.2, 0.25) is 0 Å². The van der Waals surface area contributed by atoms with Crippen LogP contribution >= 0.6 is 0 Å². The molecule has 0 saturated carbocycles. The fraction of sp³-hybridized carbons (Fsp3) is 0.167. The van der Waals surface area contributed by atoms with Gasteiger partial charge in [0.2, 0.25) is 11.7 Å². The molecule has 0 fully saturated rings. The monoisotopic (exact) mass is 327 g/mol. The highest BCUT2D eigenvalue weighted by atomic mass is 16.5. The molecule has 0 aromatic heterocycles. The maximum Gasteiger partial charge on any atom is 0.338 e. The first-order chi connectivity index (χ1) is 11.5. The highest BCUT2D eigenvalue weighted by Gasteiger charge is 2.15. The number of hydrogen-bond donors (Lipinski definition) is 1. The molecule has 0 heterocycles. The maximum absolute atomic E-state index is 12.1. The summed E-state index contributed by atoms with van der Waals surface area (Å²) in [7, 11) is 1.47. The van der Waals surface area contributed by atoms with Crippen LogP contribution in [0.4, 0.5) is 5.69 Å². The minimum atomic E-state index is -0.618. The summed E-state index contributed by atoms with van der Waals surface area (Å²) in [6.07, 6.45) is 0. The Kier molecular flexibility index (Phi) is 5.68. The van der Waals surface area contributed by atoms with Gasteiger partial charge in [0.25, 0.3) is 0 Å². The highest BCUT2D eigenvalue weighted by Crippen LogP contribution is 2.18. The van der Waals surface area contributed by atoms with Crippen molar-refractivity contribution in [2.45, 2.75) is 6.92 Å². The van der Waals surface area contributed by atoms with Crippen LogP contribution in [0.15, 0.2) is 48.5 Å². The molecule has 0 saturated heterocycles. The number of carbonyl (C=O) groups is 3. The van der Waals surface area contributed by atoms with Crippen molar-refractivity contribution in [3.63, 3.8) is 0 Å². The number of hydrogen-bond acceptors (Lipinski definition) is 5. The molecule has 0 radical (unpaired) electrons. The van der Waals surface area contributed by atoms with Crippen LogP contribution in [-0.2, 0) is 9.53 Å². The zero-order chi connectivity index (χ0) is 17.5. The molecular weight excluding hydrogens is 310 g/mol. The molecule has 2 aromatic carbocycles. The van der Waals surface area contributed by atoms with Gasteiger partial charge in [-0.2, -0.15) is 0 Å². The van der Waals surface area contributed by atoms with Gasteiger partial charge in [0, 0.05) is 12.6 Å². The zero-order valence-electron chi connectivity index (χ0n) is 13.4. The predicted octanol–water partition coefficient (Wildman–Crippen LogP) is 2.69. The quantitative estimate of drug-likeness (QED) is 0.651. The van der Waals surface area contributed by atoms with Crippen LogP contribution < -0.4 is 10.1 Å². The van der Waals surface area contributed by atoms with Gasteiger partial charge < -0.3 is 14.8 Å². The summed E-state index contributed by atoms with van der Waals surface area (Å²) in [6.45, 7) is 1.01. The lowest BCUT2D eigenvalue weighted by Crippen LogP contribution is -2.15. The lowest BCUT2D eigenvalue weighted by Gasteiger charge is -2.08. The third-order valence-electron chi connectivity index (χ3n) is 3.18. The van der Waals surface area contributed by atoms with Crippen LogP contribution in [-0.4, -0.2) is 31.4 Å². The number of ketones is 1.